The minimum absolute atomic E-state index is 0.00652. The molecule has 0 unspecified atom stereocenters. The van der Waals surface area contributed by atoms with Crippen LogP contribution in [-0.2, 0) is 4.79 Å². The van der Waals surface area contributed by atoms with E-state index in [0.29, 0.717) is 10.6 Å². The van der Waals surface area contributed by atoms with Crippen LogP contribution in [0.15, 0.2) is 36.4 Å². The second-order valence-electron chi connectivity index (χ2n) is 6.67. The van der Waals surface area contributed by atoms with Crippen molar-refractivity contribution in [2.24, 2.45) is 0 Å². The van der Waals surface area contributed by atoms with Gasteiger partial charge in [0.25, 0.3) is 0 Å². The number of rotatable bonds is 6. The van der Waals surface area contributed by atoms with Crippen LogP contribution in [-0.4, -0.2) is 21.5 Å². The third-order valence-electron chi connectivity index (χ3n) is 4.43. The van der Waals surface area contributed by atoms with Crippen LogP contribution in [0.5, 0.6) is 0 Å². The molecule has 0 bridgehead atoms. The summed E-state index contributed by atoms with van der Waals surface area (Å²) in [7, 11) is 0. The van der Waals surface area contributed by atoms with E-state index < -0.39 is 0 Å². The number of hydrogen-bond acceptors (Lipinski definition) is 4. The lowest BCUT2D eigenvalue weighted by atomic mass is 10.2. The van der Waals surface area contributed by atoms with E-state index >= 15 is 0 Å². The molecule has 0 saturated heterocycles. The molecule has 0 atom stereocenters. The van der Waals surface area contributed by atoms with Gasteiger partial charge < -0.3 is 5.32 Å². The molecule has 3 aromatic rings. The number of hydrogen-bond donors (Lipinski definition) is 1. The summed E-state index contributed by atoms with van der Waals surface area (Å²) in [6, 6.07) is 11.8. The van der Waals surface area contributed by atoms with E-state index in [2.05, 4.69) is 10.4 Å². The van der Waals surface area contributed by atoms with E-state index in [0.717, 1.165) is 22.0 Å². The number of carbonyl (C=O) groups excluding carboxylic acids is 2. The number of amides is 1. The molecule has 2 heterocycles. The van der Waals surface area contributed by atoms with Gasteiger partial charge in [-0.05, 0) is 52.0 Å². The lowest BCUT2D eigenvalue weighted by molar-refractivity contribution is -0.116. The molecule has 6 heteroatoms. The minimum atomic E-state index is -0.175. The predicted molar refractivity (Wildman–Crippen MR) is 109 cm³/mol. The zero-order valence-electron chi connectivity index (χ0n) is 16.0. The van der Waals surface area contributed by atoms with Crippen molar-refractivity contribution < 1.29 is 9.59 Å². The second-order valence-corrected chi connectivity index (χ2v) is 7.96. The van der Waals surface area contributed by atoms with E-state index in [4.69, 9.17) is 0 Å². The van der Waals surface area contributed by atoms with Crippen molar-refractivity contribution in [3.05, 3.63) is 63.1 Å². The summed E-state index contributed by atoms with van der Waals surface area (Å²) in [5.41, 5.74) is 4.45. The van der Waals surface area contributed by atoms with Crippen molar-refractivity contribution >= 4 is 28.7 Å². The molecule has 1 aromatic carbocycles. The fraction of sp³-hybridized carbons (Fsp3) is 0.286. The summed E-state index contributed by atoms with van der Waals surface area (Å²) in [5, 5.41) is 7.47. The molecule has 0 saturated carbocycles. The number of carbonyl (C=O) groups is 2. The molecule has 0 aliphatic carbocycles. The first kappa shape index (κ1) is 19.0. The zero-order chi connectivity index (χ0) is 19.6. The molecule has 1 amide bonds. The van der Waals surface area contributed by atoms with Gasteiger partial charge in [-0.2, -0.15) is 5.10 Å². The van der Waals surface area contributed by atoms with Crippen LogP contribution in [0, 0.1) is 27.7 Å². The first-order valence-corrected chi connectivity index (χ1v) is 9.69. The number of nitrogens with one attached hydrogen (secondary N) is 1. The maximum atomic E-state index is 12.4. The summed E-state index contributed by atoms with van der Waals surface area (Å²) >= 11 is 1.46. The number of thiophene rings is 1. The summed E-state index contributed by atoms with van der Waals surface area (Å²) in [6.07, 6.45) is 0.361. The summed E-state index contributed by atoms with van der Waals surface area (Å²) in [4.78, 5) is 26.3. The van der Waals surface area contributed by atoms with Crippen molar-refractivity contribution in [3.63, 3.8) is 0 Å². The normalized spacial score (nSPS) is 10.8. The highest BCUT2D eigenvalue weighted by molar-refractivity contribution is 7.14. The third kappa shape index (κ3) is 4.34. The van der Waals surface area contributed by atoms with Gasteiger partial charge in [0, 0.05) is 17.7 Å². The number of Topliss-reactive ketones (excluding diaryl/α,β-unsaturated/α-hetero) is 1. The van der Waals surface area contributed by atoms with E-state index in [1.54, 1.807) is 0 Å². The molecule has 1 N–H and O–H groups in total. The van der Waals surface area contributed by atoms with Crippen LogP contribution in [0.4, 0.5) is 5.69 Å². The molecule has 0 aliphatic rings. The lowest BCUT2D eigenvalue weighted by Crippen LogP contribution is -2.14. The smallest absolute Gasteiger partial charge is 0.224 e. The fourth-order valence-corrected chi connectivity index (χ4v) is 3.73. The Labute approximate surface area is 163 Å². The van der Waals surface area contributed by atoms with Gasteiger partial charge in [-0.1, -0.05) is 17.7 Å². The number of aromatic nitrogens is 2. The van der Waals surface area contributed by atoms with Crippen molar-refractivity contribution in [2.75, 3.05) is 5.32 Å². The molecule has 2 aromatic heterocycles. The Hall–Kier alpha value is -2.73. The standard InChI is InChI=1S/C21H23N3O2S/c1-13-5-8-17(9-6-13)24-16(4)21(15(3)23-24)22-20(26)12-10-18(25)19-11-7-14(2)27-19/h5-9,11H,10,12H2,1-4H3,(H,22,26). The molecular weight excluding hydrogens is 358 g/mol. The van der Waals surface area contributed by atoms with Crippen molar-refractivity contribution in [1.29, 1.82) is 0 Å². The predicted octanol–water partition coefficient (Wildman–Crippen LogP) is 4.77. The van der Waals surface area contributed by atoms with Gasteiger partial charge >= 0.3 is 0 Å². The summed E-state index contributed by atoms with van der Waals surface area (Å²) < 4.78 is 1.82. The van der Waals surface area contributed by atoms with Crippen LogP contribution >= 0.6 is 11.3 Å². The lowest BCUT2D eigenvalue weighted by Gasteiger charge is -2.07. The first-order chi connectivity index (χ1) is 12.8. The van der Waals surface area contributed by atoms with E-state index in [9.17, 15) is 9.59 Å². The topological polar surface area (TPSA) is 64.0 Å². The van der Waals surface area contributed by atoms with E-state index in [-0.39, 0.29) is 24.5 Å². The van der Waals surface area contributed by atoms with Gasteiger partial charge in [0.1, 0.15) is 0 Å². The van der Waals surface area contributed by atoms with E-state index in [1.165, 1.54) is 16.9 Å². The fourth-order valence-electron chi connectivity index (χ4n) is 2.90. The maximum absolute atomic E-state index is 12.4. The molecule has 3 rings (SSSR count). The van der Waals surface area contributed by atoms with Gasteiger partial charge in [-0.15, -0.1) is 11.3 Å². The van der Waals surface area contributed by atoms with Crippen LogP contribution in [0.1, 0.15) is 44.3 Å². The van der Waals surface area contributed by atoms with Crippen LogP contribution in [0.3, 0.4) is 0 Å². The molecular formula is C21H23N3O2S. The van der Waals surface area contributed by atoms with Crippen LogP contribution < -0.4 is 5.32 Å². The molecule has 0 spiro atoms. The number of anilines is 1. The van der Waals surface area contributed by atoms with Gasteiger partial charge in [0.15, 0.2) is 5.78 Å². The third-order valence-corrected chi connectivity index (χ3v) is 5.47. The van der Waals surface area contributed by atoms with Crippen LogP contribution in [0.25, 0.3) is 5.69 Å². The largest absolute Gasteiger partial charge is 0.323 e. The van der Waals surface area contributed by atoms with E-state index in [1.807, 2.05) is 68.8 Å². The number of nitrogens with zero attached hydrogens (tertiary/aromatic N) is 2. The number of benzene rings is 1. The van der Waals surface area contributed by atoms with Crippen molar-refractivity contribution in [2.45, 2.75) is 40.5 Å². The monoisotopic (exact) mass is 381 g/mol. The van der Waals surface area contributed by atoms with Gasteiger partial charge in [-0.3, -0.25) is 9.59 Å². The maximum Gasteiger partial charge on any atom is 0.224 e. The Morgan fingerprint density at radius 2 is 1.70 bits per heavy atom. The number of ketones is 1. The summed E-state index contributed by atoms with van der Waals surface area (Å²) in [6.45, 7) is 7.79. The highest BCUT2D eigenvalue weighted by atomic mass is 32.1. The highest BCUT2D eigenvalue weighted by Crippen LogP contribution is 2.24. The Morgan fingerprint density at radius 1 is 1.00 bits per heavy atom. The van der Waals surface area contributed by atoms with Gasteiger partial charge in [0.2, 0.25) is 5.91 Å². The highest BCUT2D eigenvalue weighted by Gasteiger charge is 2.16. The van der Waals surface area contributed by atoms with Gasteiger partial charge in [0.05, 0.1) is 27.6 Å². The Bertz CT molecular complexity index is 984. The molecule has 27 heavy (non-hydrogen) atoms. The molecule has 0 fully saturated rings. The quantitative estimate of drug-likeness (QED) is 0.626. The average Bonchev–Trinajstić information content (AvgIpc) is 3.19. The molecule has 0 radical (unpaired) electrons. The summed E-state index contributed by atoms with van der Waals surface area (Å²) in [5.74, 6) is -0.168. The molecule has 0 aliphatic heterocycles. The minimum Gasteiger partial charge on any atom is -0.323 e. The number of aryl methyl sites for hydroxylation is 3. The van der Waals surface area contributed by atoms with Gasteiger partial charge in [-0.25, -0.2) is 4.68 Å². The first-order valence-electron chi connectivity index (χ1n) is 8.88. The van der Waals surface area contributed by atoms with Crippen LogP contribution in [0.2, 0.25) is 0 Å². The average molecular weight is 382 g/mol. The Balaban J connectivity index is 1.67. The SMILES string of the molecule is Cc1ccc(-n2nc(C)c(NC(=O)CCC(=O)c3ccc(C)s3)c2C)cc1. The second kappa shape index (κ2) is 7.88. The molecule has 5 nitrogen and oxygen atoms in total. The zero-order valence-corrected chi connectivity index (χ0v) is 16.8. The molecule has 140 valence electrons. The Kier molecular flexibility index (Phi) is 5.56. The van der Waals surface area contributed by atoms with Crippen molar-refractivity contribution in [3.8, 4) is 5.69 Å². The van der Waals surface area contributed by atoms with Crippen molar-refractivity contribution in [1.82, 2.24) is 9.78 Å². The Morgan fingerprint density at radius 3 is 2.33 bits per heavy atom.